The standard InChI is InChI=1S/C14H17IN2O2/c1-2-5-17-12-4-3-9(15)6-11(12)16-14(18)10-7-19-8-13(10)17/h3-4,6,10,13H,2,5,7-8H2,1H3,(H,16,18). The average molecular weight is 372 g/mol. The average Bonchev–Trinajstić information content (AvgIpc) is 2.82. The zero-order valence-corrected chi connectivity index (χ0v) is 13.0. The Kier molecular flexibility index (Phi) is 3.66. The fourth-order valence-corrected chi connectivity index (χ4v) is 3.38. The lowest BCUT2D eigenvalue weighted by Crippen LogP contribution is -2.42. The zero-order valence-electron chi connectivity index (χ0n) is 10.9. The number of ether oxygens (including phenoxy) is 1. The van der Waals surface area contributed by atoms with Crippen molar-refractivity contribution in [3.05, 3.63) is 21.8 Å². The first-order valence-corrected chi connectivity index (χ1v) is 7.73. The minimum Gasteiger partial charge on any atom is -0.378 e. The van der Waals surface area contributed by atoms with Gasteiger partial charge < -0.3 is 15.0 Å². The predicted octanol–water partition coefficient (Wildman–Crippen LogP) is 2.47. The maximum atomic E-state index is 12.3. The van der Waals surface area contributed by atoms with Crippen LogP contribution in [0.1, 0.15) is 13.3 Å². The first kappa shape index (κ1) is 13.2. The Morgan fingerprint density at radius 1 is 1.47 bits per heavy atom. The smallest absolute Gasteiger partial charge is 0.232 e. The molecule has 2 unspecified atom stereocenters. The quantitative estimate of drug-likeness (QED) is 0.812. The number of carbonyl (C=O) groups is 1. The van der Waals surface area contributed by atoms with Crippen LogP contribution in [-0.4, -0.2) is 31.7 Å². The van der Waals surface area contributed by atoms with Crippen LogP contribution >= 0.6 is 22.6 Å². The number of rotatable bonds is 2. The summed E-state index contributed by atoms with van der Waals surface area (Å²) in [6, 6.07) is 6.40. The summed E-state index contributed by atoms with van der Waals surface area (Å²) in [5.41, 5.74) is 2.05. The normalized spacial score (nSPS) is 25.6. The molecule has 4 nitrogen and oxygen atoms in total. The molecule has 1 fully saturated rings. The molecule has 102 valence electrons. The Morgan fingerprint density at radius 3 is 3.11 bits per heavy atom. The fourth-order valence-electron chi connectivity index (χ4n) is 2.89. The van der Waals surface area contributed by atoms with E-state index in [1.54, 1.807) is 0 Å². The molecule has 3 rings (SSSR count). The Morgan fingerprint density at radius 2 is 2.32 bits per heavy atom. The van der Waals surface area contributed by atoms with Gasteiger partial charge in [0.15, 0.2) is 0 Å². The molecular weight excluding hydrogens is 355 g/mol. The summed E-state index contributed by atoms with van der Waals surface area (Å²) < 4.78 is 6.66. The Hall–Kier alpha value is -0.820. The molecule has 19 heavy (non-hydrogen) atoms. The van der Waals surface area contributed by atoms with Crippen LogP contribution in [0.3, 0.4) is 0 Å². The number of nitrogens with one attached hydrogen (secondary N) is 1. The van der Waals surface area contributed by atoms with E-state index in [-0.39, 0.29) is 17.9 Å². The fraction of sp³-hybridized carbons (Fsp3) is 0.500. The summed E-state index contributed by atoms with van der Waals surface area (Å²) in [6.07, 6.45) is 1.06. The largest absolute Gasteiger partial charge is 0.378 e. The van der Waals surface area contributed by atoms with Crippen LogP contribution in [0.4, 0.5) is 11.4 Å². The molecule has 2 heterocycles. The van der Waals surface area contributed by atoms with Gasteiger partial charge in [-0.1, -0.05) is 6.92 Å². The van der Waals surface area contributed by atoms with E-state index in [4.69, 9.17) is 4.74 Å². The molecule has 0 spiro atoms. The van der Waals surface area contributed by atoms with Gasteiger partial charge in [-0.2, -0.15) is 0 Å². The number of hydrogen-bond donors (Lipinski definition) is 1. The number of hydrogen-bond acceptors (Lipinski definition) is 3. The minimum absolute atomic E-state index is 0.0587. The molecule has 2 atom stereocenters. The van der Waals surface area contributed by atoms with Gasteiger partial charge in [-0.05, 0) is 47.2 Å². The molecule has 0 aliphatic carbocycles. The zero-order chi connectivity index (χ0) is 13.4. The van der Waals surface area contributed by atoms with E-state index < -0.39 is 0 Å². The van der Waals surface area contributed by atoms with Gasteiger partial charge >= 0.3 is 0 Å². The molecule has 1 saturated heterocycles. The summed E-state index contributed by atoms with van der Waals surface area (Å²) in [5, 5.41) is 3.06. The van der Waals surface area contributed by atoms with Crippen LogP contribution in [0, 0.1) is 9.49 Å². The van der Waals surface area contributed by atoms with E-state index >= 15 is 0 Å². The topological polar surface area (TPSA) is 41.6 Å². The number of halogens is 1. The maximum Gasteiger partial charge on any atom is 0.232 e. The predicted molar refractivity (Wildman–Crippen MR) is 83.5 cm³/mol. The minimum atomic E-state index is -0.0587. The molecule has 5 heteroatoms. The molecule has 2 aliphatic rings. The maximum absolute atomic E-state index is 12.3. The highest BCUT2D eigenvalue weighted by Gasteiger charge is 2.40. The van der Waals surface area contributed by atoms with Crippen molar-refractivity contribution in [2.75, 3.05) is 30.0 Å². The molecule has 0 bridgehead atoms. The van der Waals surface area contributed by atoms with E-state index in [2.05, 4.69) is 51.9 Å². The van der Waals surface area contributed by atoms with E-state index in [0.29, 0.717) is 13.2 Å². The van der Waals surface area contributed by atoms with Gasteiger partial charge in [0, 0.05) is 10.1 Å². The highest BCUT2D eigenvalue weighted by Crippen LogP contribution is 2.36. The van der Waals surface area contributed by atoms with Crippen LogP contribution in [0.15, 0.2) is 18.2 Å². The van der Waals surface area contributed by atoms with Crippen molar-refractivity contribution in [2.45, 2.75) is 19.4 Å². The lowest BCUT2D eigenvalue weighted by atomic mass is 10.0. The molecule has 1 N–H and O–H groups in total. The molecule has 0 aromatic heterocycles. The van der Waals surface area contributed by atoms with Gasteiger partial charge in [-0.15, -0.1) is 0 Å². The summed E-state index contributed by atoms with van der Waals surface area (Å²) in [4.78, 5) is 14.6. The molecule has 0 radical (unpaired) electrons. The molecular formula is C14H17IN2O2. The summed E-state index contributed by atoms with van der Waals surface area (Å²) in [6.45, 7) is 4.29. The second-order valence-corrected chi connectivity index (χ2v) is 6.30. The number of fused-ring (bicyclic) bond motifs is 2. The van der Waals surface area contributed by atoms with Gasteiger partial charge in [0.05, 0.1) is 36.5 Å². The van der Waals surface area contributed by atoms with Gasteiger partial charge in [0.2, 0.25) is 5.91 Å². The Balaban J connectivity index is 2.07. The van der Waals surface area contributed by atoms with Crippen molar-refractivity contribution in [1.29, 1.82) is 0 Å². The first-order valence-electron chi connectivity index (χ1n) is 6.65. The van der Waals surface area contributed by atoms with Crippen molar-refractivity contribution in [3.8, 4) is 0 Å². The Bertz CT molecular complexity index is 506. The van der Waals surface area contributed by atoms with E-state index in [1.165, 1.54) is 0 Å². The summed E-state index contributed by atoms with van der Waals surface area (Å²) in [5.74, 6) is 0.0287. The van der Waals surface area contributed by atoms with Gasteiger partial charge in [-0.3, -0.25) is 4.79 Å². The first-order chi connectivity index (χ1) is 9.20. The Labute approximate surface area is 126 Å². The van der Waals surface area contributed by atoms with E-state index in [9.17, 15) is 4.79 Å². The van der Waals surface area contributed by atoms with Gasteiger partial charge in [0.1, 0.15) is 0 Å². The highest BCUT2D eigenvalue weighted by atomic mass is 127. The number of nitrogens with zero attached hydrogens (tertiary/aromatic N) is 1. The lowest BCUT2D eigenvalue weighted by molar-refractivity contribution is -0.120. The monoisotopic (exact) mass is 372 g/mol. The van der Waals surface area contributed by atoms with Gasteiger partial charge in [0.25, 0.3) is 0 Å². The van der Waals surface area contributed by atoms with Gasteiger partial charge in [-0.25, -0.2) is 0 Å². The van der Waals surface area contributed by atoms with Crippen LogP contribution < -0.4 is 10.2 Å². The number of carbonyl (C=O) groups excluding carboxylic acids is 1. The second kappa shape index (κ2) is 5.28. The van der Waals surface area contributed by atoms with E-state index in [0.717, 1.165) is 27.9 Å². The SMILES string of the molecule is CCCN1c2ccc(I)cc2NC(=O)C2COCC21. The second-order valence-electron chi connectivity index (χ2n) is 5.06. The molecule has 0 saturated carbocycles. The third-order valence-electron chi connectivity index (χ3n) is 3.78. The number of benzene rings is 1. The number of anilines is 2. The van der Waals surface area contributed by atoms with Crippen molar-refractivity contribution in [1.82, 2.24) is 0 Å². The van der Waals surface area contributed by atoms with Crippen LogP contribution in [0.5, 0.6) is 0 Å². The van der Waals surface area contributed by atoms with Crippen molar-refractivity contribution in [3.63, 3.8) is 0 Å². The third-order valence-corrected chi connectivity index (χ3v) is 4.45. The third kappa shape index (κ3) is 2.33. The van der Waals surface area contributed by atoms with Crippen molar-refractivity contribution >= 4 is 39.9 Å². The lowest BCUT2D eigenvalue weighted by Gasteiger charge is -2.31. The molecule has 1 aromatic rings. The van der Waals surface area contributed by atoms with E-state index in [1.807, 2.05) is 6.07 Å². The summed E-state index contributed by atoms with van der Waals surface area (Å²) in [7, 11) is 0. The summed E-state index contributed by atoms with van der Waals surface area (Å²) >= 11 is 2.27. The van der Waals surface area contributed by atoms with Crippen LogP contribution in [-0.2, 0) is 9.53 Å². The highest BCUT2D eigenvalue weighted by molar-refractivity contribution is 14.1. The molecule has 2 aliphatic heterocycles. The molecule has 1 amide bonds. The van der Waals surface area contributed by atoms with Crippen molar-refractivity contribution in [2.24, 2.45) is 5.92 Å². The number of amides is 1. The molecule has 1 aromatic carbocycles. The van der Waals surface area contributed by atoms with Crippen molar-refractivity contribution < 1.29 is 9.53 Å². The van der Waals surface area contributed by atoms with Crippen LogP contribution in [0.25, 0.3) is 0 Å². The van der Waals surface area contributed by atoms with Crippen LogP contribution in [0.2, 0.25) is 0 Å².